The van der Waals surface area contributed by atoms with Crippen molar-refractivity contribution in [3.63, 3.8) is 0 Å². The summed E-state index contributed by atoms with van der Waals surface area (Å²) in [5.74, 6) is 0.694. The maximum absolute atomic E-state index is 12.6. The summed E-state index contributed by atoms with van der Waals surface area (Å²) in [6.45, 7) is 2.13. The molecule has 4 rings (SSSR count). The van der Waals surface area contributed by atoms with Gasteiger partial charge < -0.3 is 9.32 Å². The Kier molecular flexibility index (Phi) is 4.16. The lowest BCUT2D eigenvalue weighted by Gasteiger charge is -2.27. The molecule has 2 aromatic rings. The van der Waals surface area contributed by atoms with Crippen molar-refractivity contribution in [2.24, 2.45) is 0 Å². The molecule has 122 valence electrons. The van der Waals surface area contributed by atoms with Gasteiger partial charge in [-0.05, 0) is 29.7 Å². The second-order valence-corrected chi connectivity index (χ2v) is 7.50. The van der Waals surface area contributed by atoms with E-state index in [1.54, 1.807) is 11.2 Å². The maximum Gasteiger partial charge on any atom is 0.268 e. The first-order chi connectivity index (χ1) is 11.7. The molecule has 0 atom stereocenters. The molecule has 2 aliphatic rings. The molecular formula is C18H16N2O2S2. The number of carbonyl (C=O) groups is 1. The minimum atomic E-state index is -0.0414. The van der Waals surface area contributed by atoms with Crippen LogP contribution in [0.25, 0.3) is 0 Å². The lowest BCUT2D eigenvalue weighted by Crippen LogP contribution is -2.29. The summed E-state index contributed by atoms with van der Waals surface area (Å²) in [5, 5.41) is 0. The van der Waals surface area contributed by atoms with E-state index in [4.69, 9.17) is 16.6 Å². The number of benzene rings is 1. The normalized spacial score (nSPS) is 19.2. The first-order valence-corrected chi connectivity index (χ1v) is 9.02. The standard InChI is InChI=1S/C18H16N2O2S2/c21-17-16(24-18(23)20(17)11-15-6-3-9-22-15)12-19-8-7-13-4-1-2-5-14(13)10-19/h1-6,9,12H,7-8,10-11H2/b16-12+. The molecular weight excluding hydrogens is 340 g/mol. The molecule has 0 unspecified atom stereocenters. The zero-order valence-electron chi connectivity index (χ0n) is 13.0. The molecule has 1 aromatic carbocycles. The Balaban J connectivity index is 1.50. The topological polar surface area (TPSA) is 36.7 Å². The van der Waals surface area contributed by atoms with Crippen LogP contribution in [0.1, 0.15) is 16.9 Å². The number of hydrogen-bond donors (Lipinski definition) is 0. The van der Waals surface area contributed by atoms with Crippen molar-refractivity contribution in [3.05, 3.63) is 70.7 Å². The van der Waals surface area contributed by atoms with Crippen LogP contribution >= 0.6 is 24.0 Å². The first kappa shape index (κ1) is 15.5. The molecule has 3 heterocycles. The SMILES string of the molecule is O=C1/C(=C\N2CCc3ccccc3C2)SC(=S)N1Cc1ccco1. The molecule has 1 aromatic heterocycles. The Morgan fingerprint density at radius 3 is 2.83 bits per heavy atom. The van der Waals surface area contributed by atoms with Crippen LogP contribution in [0, 0.1) is 0 Å². The smallest absolute Gasteiger partial charge is 0.268 e. The summed E-state index contributed by atoms with van der Waals surface area (Å²) in [5.41, 5.74) is 2.72. The Morgan fingerprint density at radius 1 is 1.21 bits per heavy atom. The predicted molar refractivity (Wildman–Crippen MR) is 98.1 cm³/mol. The van der Waals surface area contributed by atoms with Gasteiger partial charge in [0.25, 0.3) is 5.91 Å². The van der Waals surface area contributed by atoms with E-state index in [1.807, 2.05) is 18.3 Å². The van der Waals surface area contributed by atoms with E-state index in [9.17, 15) is 4.79 Å². The van der Waals surface area contributed by atoms with Gasteiger partial charge in [-0.2, -0.15) is 0 Å². The Bertz CT molecular complexity index is 814. The Labute approximate surface area is 150 Å². The van der Waals surface area contributed by atoms with E-state index >= 15 is 0 Å². The van der Waals surface area contributed by atoms with Gasteiger partial charge in [-0.1, -0.05) is 48.2 Å². The van der Waals surface area contributed by atoms with Gasteiger partial charge in [0.2, 0.25) is 0 Å². The third-order valence-electron chi connectivity index (χ3n) is 4.23. The molecule has 0 spiro atoms. The highest BCUT2D eigenvalue weighted by atomic mass is 32.2. The van der Waals surface area contributed by atoms with E-state index in [1.165, 1.54) is 22.9 Å². The summed E-state index contributed by atoms with van der Waals surface area (Å²) >= 11 is 6.73. The number of nitrogens with zero attached hydrogens (tertiary/aromatic N) is 2. The summed E-state index contributed by atoms with van der Waals surface area (Å²) in [4.78, 5) is 17.1. The average molecular weight is 356 g/mol. The largest absolute Gasteiger partial charge is 0.467 e. The highest BCUT2D eigenvalue weighted by molar-refractivity contribution is 8.26. The zero-order valence-corrected chi connectivity index (χ0v) is 14.6. The van der Waals surface area contributed by atoms with Crippen molar-refractivity contribution in [1.29, 1.82) is 0 Å². The predicted octanol–water partition coefficient (Wildman–Crippen LogP) is 3.54. The van der Waals surface area contributed by atoms with Crippen LogP contribution in [0.4, 0.5) is 0 Å². The molecule has 6 heteroatoms. The van der Waals surface area contributed by atoms with E-state index in [0.717, 1.165) is 25.3 Å². The van der Waals surface area contributed by atoms with Gasteiger partial charge in [0.05, 0.1) is 17.7 Å². The summed E-state index contributed by atoms with van der Waals surface area (Å²) in [6.07, 6.45) is 4.56. The second-order valence-electron chi connectivity index (χ2n) is 5.82. The van der Waals surface area contributed by atoms with Crippen LogP contribution in [0.2, 0.25) is 0 Å². The molecule has 4 nitrogen and oxygen atoms in total. The molecule has 2 aliphatic heterocycles. The number of rotatable bonds is 3. The second kappa shape index (κ2) is 6.45. The molecule has 0 bridgehead atoms. The quantitative estimate of drug-likeness (QED) is 0.621. The number of furan rings is 1. The summed E-state index contributed by atoms with van der Waals surface area (Å²) in [7, 11) is 0. The molecule has 0 radical (unpaired) electrons. The van der Waals surface area contributed by atoms with Gasteiger partial charge in [-0.15, -0.1) is 0 Å². The fraction of sp³-hybridized carbons (Fsp3) is 0.222. The lowest BCUT2D eigenvalue weighted by atomic mass is 10.0. The maximum atomic E-state index is 12.6. The minimum absolute atomic E-state index is 0.0414. The fourth-order valence-corrected chi connectivity index (χ4v) is 4.24. The van der Waals surface area contributed by atoms with Crippen LogP contribution in [-0.2, 0) is 24.3 Å². The molecule has 1 fully saturated rings. The number of amides is 1. The van der Waals surface area contributed by atoms with Crippen molar-refractivity contribution in [3.8, 4) is 0 Å². The molecule has 0 saturated carbocycles. The first-order valence-electron chi connectivity index (χ1n) is 7.79. The van der Waals surface area contributed by atoms with Gasteiger partial charge in [-0.3, -0.25) is 9.69 Å². The van der Waals surface area contributed by atoms with Gasteiger partial charge in [0, 0.05) is 19.3 Å². The molecule has 1 amide bonds. The van der Waals surface area contributed by atoms with Crippen LogP contribution in [0.3, 0.4) is 0 Å². The van der Waals surface area contributed by atoms with Crippen molar-refractivity contribution in [2.75, 3.05) is 6.54 Å². The Hall–Kier alpha value is -2.05. The van der Waals surface area contributed by atoms with E-state index < -0.39 is 0 Å². The highest BCUT2D eigenvalue weighted by Crippen LogP contribution is 2.33. The van der Waals surface area contributed by atoms with Crippen LogP contribution in [0.15, 0.2) is 58.2 Å². The monoisotopic (exact) mass is 356 g/mol. The van der Waals surface area contributed by atoms with Gasteiger partial charge >= 0.3 is 0 Å². The minimum Gasteiger partial charge on any atom is -0.467 e. The number of thiocarbonyl (C=S) groups is 1. The number of fused-ring (bicyclic) bond motifs is 1. The lowest BCUT2D eigenvalue weighted by molar-refractivity contribution is -0.122. The molecule has 24 heavy (non-hydrogen) atoms. The van der Waals surface area contributed by atoms with Crippen molar-refractivity contribution in [1.82, 2.24) is 9.80 Å². The van der Waals surface area contributed by atoms with Gasteiger partial charge in [-0.25, -0.2) is 0 Å². The van der Waals surface area contributed by atoms with Gasteiger partial charge in [0.1, 0.15) is 10.1 Å². The van der Waals surface area contributed by atoms with Crippen LogP contribution < -0.4 is 0 Å². The highest BCUT2D eigenvalue weighted by Gasteiger charge is 2.33. The van der Waals surface area contributed by atoms with E-state index in [-0.39, 0.29) is 5.91 Å². The summed E-state index contributed by atoms with van der Waals surface area (Å²) in [6, 6.07) is 12.1. The number of hydrogen-bond acceptors (Lipinski definition) is 5. The van der Waals surface area contributed by atoms with Crippen molar-refractivity contribution >= 4 is 34.2 Å². The Morgan fingerprint density at radius 2 is 2.04 bits per heavy atom. The molecule has 1 saturated heterocycles. The third-order valence-corrected chi connectivity index (χ3v) is 5.59. The zero-order chi connectivity index (χ0) is 16.5. The number of carbonyl (C=O) groups excluding carboxylic acids is 1. The van der Waals surface area contributed by atoms with Crippen LogP contribution in [0.5, 0.6) is 0 Å². The molecule has 0 aliphatic carbocycles. The number of thioether (sulfide) groups is 1. The van der Waals surface area contributed by atoms with E-state index in [0.29, 0.717) is 15.8 Å². The van der Waals surface area contributed by atoms with Crippen molar-refractivity contribution in [2.45, 2.75) is 19.5 Å². The third kappa shape index (κ3) is 2.99. The van der Waals surface area contributed by atoms with E-state index in [2.05, 4.69) is 29.2 Å². The van der Waals surface area contributed by atoms with Gasteiger partial charge in [0.15, 0.2) is 0 Å². The fourth-order valence-electron chi connectivity index (χ4n) is 2.98. The van der Waals surface area contributed by atoms with Crippen LogP contribution in [-0.4, -0.2) is 26.6 Å². The summed E-state index contributed by atoms with van der Waals surface area (Å²) < 4.78 is 5.91. The average Bonchev–Trinajstić information content (AvgIpc) is 3.19. The van der Waals surface area contributed by atoms with Crippen molar-refractivity contribution < 1.29 is 9.21 Å². The molecule has 0 N–H and O–H groups in total.